The zero-order chi connectivity index (χ0) is 23.7. The summed E-state index contributed by atoms with van der Waals surface area (Å²) in [6.45, 7) is 7.21. The van der Waals surface area contributed by atoms with Crippen molar-refractivity contribution in [3.05, 3.63) is 36.2 Å². The van der Waals surface area contributed by atoms with Crippen LogP contribution in [0.2, 0.25) is 0 Å². The van der Waals surface area contributed by atoms with Crippen LogP contribution in [0, 0.1) is 11.8 Å². The van der Waals surface area contributed by atoms with Gasteiger partial charge in [0.25, 0.3) is 0 Å². The van der Waals surface area contributed by atoms with Crippen molar-refractivity contribution < 1.29 is 19.3 Å². The van der Waals surface area contributed by atoms with E-state index in [1.165, 1.54) is 11.4 Å². The van der Waals surface area contributed by atoms with Crippen molar-refractivity contribution in [1.82, 2.24) is 19.9 Å². The summed E-state index contributed by atoms with van der Waals surface area (Å²) in [5.74, 6) is 1.94. The topological polar surface area (TPSA) is 72.4 Å². The van der Waals surface area contributed by atoms with Crippen molar-refractivity contribution >= 4 is 11.6 Å². The number of aromatic nitrogens is 3. The van der Waals surface area contributed by atoms with E-state index < -0.39 is 0 Å². The third-order valence-corrected chi connectivity index (χ3v) is 7.91. The van der Waals surface area contributed by atoms with Gasteiger partial charge in [0.05, 0.1) is 58.6 Å². The number of rotatable bonds is 7. The standard InChI is InChI=1S/C25H37N7O2/c1-28(2)15-20-16-32(27-26-20)17-21-14-19-8-9-31(21)18-22(19)25(33)30-12-10-29(11-13-30)23-6-4-5-7-24(23)34-3/h4-7,16,19,21-22H,8-15,17-18H2,1-3H3/p+2/t19-,21-,22+/m1/s1. The van der Waals surface area contributed by atoms with E-state index in [2.05, 4.69) is 46.5 Å². The lowest BCUT2D eigenvalue weighted by atomic mass is 9.75. The van der Waals surface area contributed by atoms with Crippen LogP contribution >= 0.6 is 0 Å². The molecule has 0 aliphatic carbocycles. The van der Waals surface area contributed by atoms with Crippen molar-refractivity contribution in [2.45, 2.75) is 32.0 Å². The van der Waals surface area contributed by atoms with E-state index in [9.17, 15) is 4.79 Å². The highest BCUT2D eigenvalue weighted by atomic mass is 16.5. The lowest BCUT2D eigenvalue weighted by Gasteiger charge is -2.47. The second kappa shape index (κ2) is 9.92. The molecule has 1 aromatic carbocycles. The third kappa shape index (κ3) is 4.77. The average molecular weight is 470 g/mol. The molecule has 4 aliphatic heterocycles. The van der Waals surface area contributed by atoms with Crippen LogP contribution in [0.3, 0.4) is 0 Å². The molecule has 0 saturated carbocycles. The molecule has 2 N–H and O–H groups in total. The molecule has 2 bridgehead atoms. The molecule has 9 heteroatoms. The van der Waals surface area contributed by atoms with E-state index in [-0.39, 0.29) is 5.92 Å². The number of carbonyl (C=O) groups is 1. The van der Waals surface area contributed by atoms with Crippen LogP contribution in [-0.4, -0.2) is 92.3 Å². The lowest BCUT2D eigenvalue weighted by molar-refractivity contribution is -0.945. The number of ether oxygens (including phenoxy) is 1. The predicted octanol–water partition coefficient (Wildman–Crippen LogP) is -1.43. The number of para-hydroxylation sites is 2. The molecule has 0 spiro atoms. The SMILES string of the molecule is COc1ccccc1N1CCN(C(=O)[C@H]2C[NH+]3CC[C@@H]2C[C@@H]3Cn2cc(C[NH+](C)C)nn2)CC1. The van der Waals surface area contributed by atoms with Crippen molar-refractivity contribution in [2.75, 3.05) is 65.4 Å². The summed E-state index contributed by atoms with van der Waals surface area (Å²) in [4.78, 5) is 20.9. The van der Waals surface area contributed by atoms with E-state index in [4.69, 9.17) is 4.74 Å². The number of nitrogens with one attached hydrogen (secondary N) is 2. The largest absolute Gasteiger partial charge is 0.495 e. The van der Waals surface area contributed by atoms with Gasteiger partial charge in [0, 0.05) is 39.0 Å². The first-order chi connectivity index (χ1) is 16.5. The van der Waals surface area contributed by atoms with Gasteiger partial charge in [-0.25, -0.2) is 4.68 Å². The van der Waals surface area contributed by atoms with Gasteiger partial charge in [-0.1, -0.05) is 17.3 Å². The Bertz CT molecular complexity index is 985. The Balaban J connectivity index is 1.16. The molecule has 6 rings (SSSR count). The summed E-state index contributed by atoms with van der Waals surface area (Å²) in [5.41, 5.74) is 2.17. The highest BCUT2D eigenvalue weighted by Gasteiger charge is 2.48. The fraction of sp³-hybridized carbons (Fsp3) is 0.640. The number of piperidine rings is 3. The third-order valence-electron chi connectivity index (χ3n) is 7.91. The first-order valence-electron chi connectivity index (χ1n) is 12.7. The maximum absolute atomic E-state index is 13.5. The molecule has 5 heterocycles. The molecule has 4 aliphatic rings. The highest BCUT2D eigenvalue weighted by molar-refractivity contribution is 5.80. The summed E-state index contributed by atoms with van der Waals surface area (Å²) < 4.78 is 7.55. The number of hydrogen-bond donors (Lipinski definition) is 2. The van der Waals surface area contributed by atoms with Gasteiger partial charge in [-0.3, -0.25) is 4.79 Å². The number of nitrogens with zero attached hydrogens (tertiary/aromatic N) is 5. The summed E-state index contributed by atoms with van der Waals surface area (Å²) in [6.07, 6.45) is 4.37. The number of piperazine rings is 1. The zero-order valence-electron chi connectivity index (χ0n) is 20.7. The summed E-state index contributed by atoms with van der Waals surface area (Å²) >= 11 is 0. The first kappa shape index (κ1) is 23.1. The summed E-state index contributed by atoms with van der Waals surface area (Å²) in [6, 6.07) is 8.69. The maximum atomic E-state index is 13.5. The molecule has 9 nitrogen and oxygen atoms in total. The Morgan fingerprint density at radius 3 is 2.71 bits per heavy atom. The molecule has 34 heavy (non-hydrogen) atoms. The van der Waals surface area contributed by atoms with Crippen LogP contribution in [0.4, 0.5) is 5.69 Å². The van der Waals surface area contributed by atoms with Gasteiger partial charge in [-0.15, -0.1) is 5.10 Å². The van der Waals surface area contributed by atoms with Crippen LogP contribution in [0.25, 0.3) is 0 Å². The number of anilines is 1. The number of carbonyl (C=O) groups excluding carboxylic acids is 1. The minimum absolute atomic E-state index is 0.168. The van der Waals surface area contributed by atoms with Gasteiger partial charge in [0.2, 0.25) is 5.91 Å². The Morgan fingerprint density at radius 2 is 2.00 bits per heavy atom. The Hall–Kier alpha value is -2.65. The molecule has 2 aromatic rings. The molecule has 4 saturated heterocycles. The van der Waals surface area contributed by atoms with Crippen LogP contribution < -0.4 is 19.4 Å². The lowest BCUT2D eigenvalue weighted by Crippen LogP contribution is -3.20. The number of hydrogen-bond acceptors (Lipinski definition) is 5. The van der Waals surface area contributed by atoms with E-state index in [0.29, 0.717) is 17.9 Å². The Kier molecular flexibility index (Phi) is 6.74. The molecule has 0 radical (unpaired) electrons. The van der Waals surface area contributed by atoms with E-state index in [1.807, 2.05) is 22.9 Å². The van der Waals surface area contributed by atoms with Crippen molar-refractivity contribution in [3.63, 3.8) is 0 Å². The van der Waals surface area contributed by atoms with E-state index in [0.717, 1.165) is 75.8 Å². The number of amides is 1. The van der Waals surface area contributed by atoms with Gasteiger partial charge in [0.15, 0.2) is 0 Å². The van der Waals surface area contributed by atoms with Crippen molar-refractivity contribution in [3.8, 4) is 5.75 Å². The van der Waals surface area contributed by atoms with Gasteiger partial charge in [-0.2, -0.15) is 0 Å². The monoisotopic (exact) mass is 469 g/mol. The number of methoxy groups -OCH3 is 1. The molecular formula is C25H39N7O2+2. The molecule has 4 atom stereocenters. The first-order valence-corrected chi connectivity index (χ1v) is 12.7. The summed E-state index contributed by atoms with van der Waals surface area (Å²) in [7, 11) is 5.98. The molecule has 1 aromatic heterocycles. The van der Waals surface area contributed by atoms with Crippen LogP contribution in [0.15, 0.2) is 30.5 Å². The molecular weight excluding hydrogens is 430 g/mol. The number of quaternary nitrogens is 2. The quantitative estimate of drug-likeness (QED) is 0.521. The van der Waals surface area contributed by atoms with E-state index in [1.54, 1.807) is 12.0 Å². The van der Waals surface area contributed by atoms with Gasteiger partial charge in [-0.05, 0) is 18.1 Å². The zero-order valence-corrected chi connectivity index (χ0v) is 20.7. The summed E-state index contributed by atoms with van der Waals surface area (Å²) in [5, 5.41) is 8.71. The fourth-order valence-corrected chi connectivity index (χ4v) is 6.19. The number of benzene rings is 1. The van der Waals surface area contributed by atoms with Crippen LogP contribution in [0.1, 0.15) is 18.5 Å². The van der Waals surface area contributed by atoms with Crippen LogP contribution in [0.5, 0.6) is 5.75 Å². The van der Waals surface area contributed by atoms with Crippen LogP contribution in [-0.2, 0) is 17.9 Å². The van der Waals surface area contributed by atoms with Crippen molar-refractivity contribution in [2.24, 2.45) is 11.8 Å². The van der Waals surface area contributed by atoms with E-state index >= 15 is 0 Å². The Morgan fingerprint density at radius 1 is 1.21 bits per heavy atom. The maximum Gasteiger partial charge on any atom is 0.231 e. The minimum Gasteiger partial charge on any atom is -0.495 e. The van der Waals surface area contributed by atoms with Gasteiger partial charge in [0.1, 0.15) is 24.0 Å². The second-order valence-corrected chi connectivity index (χ2v) is 10.5. The smallest absolute Gasteiger partial charge is 0.231 e. The normalized spacial score (nSPS) is 26.8. The fourth-order valence-electron chi connectivity index (χ4n) is 6.19. The van der Waals surface area contributed by atoms with Gasteiger partial charge >= 0.3 is 0 Å². The van der Waals surface area contributed by atoms with Crippen molar-refractivity contribution in [1.29, 1.82) is 0 Å². The molecule has 4 fully saturated rings. The molecule has 1 amide bonds. The molecule has 184 valence electrons. The predicted molar refractivity (Wildman–Crippen MR) is 129 cm³/mol. The number of fused-ring (bicyclic) bond motifs is 3. The average Bonchev–Trinajstić information content (AvgIpc) is 3.30. The Labute approximate surface area is 202 Å². The second-order valence-electron chi connectivity index (χ2n) is 10.5. The minimum atomic E-state index is 0.168. The van der Waals surface area contributed by atoms with Gasteiger partial charge < -0.3 is 24.3 Å². The highest BCUT2D eigenvalue weighted by Crippen LogP contribution is 2.31. The molecule has 1 unspecified atom stereocenters.